The van der Waals surface area contributed by atoms with Crippen LogP contribution in [0.1, 0.15) is 10.5 Å². The van der Waals surface area contributed by atoms with Crippen LogP contribution < -0.4 is 4.74 Å². The fourth-order valence-corrected chi connectivity index (χ4v) is 1.49. The zero-order chi connectivity index (χ0) is 14.2. The topological polar surface area (TPSA) is 72.6 Å². The van der Waals surface area contributed by atoms with Crippen molar-refractivity contribution in [2.45, 2.75) is 0 Å². The Morgan fingerprint density at radius 1 is 1.32 bits per heavy atom. The van der Waals surface area contributed by atoms with Crippen molar-refractivity contribution in [2.24, 2.45) is 0 Å². The van der Waals surface area contributed by atoms with Gasteiger partial charge in [-0.3, -0.25) is 0 Å². The molecule has 5 nitrogen and oxygen atoms in total. The van der Waals surface area contributed by atoms with Crippen molar-refractivity contribution in [1.82, 2.24) is 5.16 Å². The lowest BCUT2D eigenvalue weighted by Gasteiger charge is -2.08. The van der Waals surface area contributed by atoms with Crippen LogP contribution in [0, 0.1) is 17.5 Å². The Labute approximate surface area is 104 Å². The second kappa shape index (κ2) is 4.63. The summed E-state index contributed by atoms with van der Waals surface area (Å²) >= 11 is 0. The molecule has 0 spiro atoms. The highest BCUT2D eigenvalue weighted by Gasteiger charge is 2.25. The Balaban J connectivity index is 2.69. The van der Waals surface area contributed by atoms with Gasteiger partial charge in [0.1, 0.15) is 5.56 Å². The summed E-state index contributed by atoms with van der Waals surface area (Å²) in [5, 5.41) is 11.8. The number of hydrogen-bond acceptors (Lipinski definition) is 4. The van der Waals surface area contributed by atoms with Crippen molar-refractivity contribution < 1.29 is 32.3 Å². The summed E-state index contributed by atoms with van der Waals surface area (Å²) in [6, 6.07) is 1.15. The van der Waals surface area contributed by atoms with E-state index in [9.17, 15) is 18.0 Å². The number of methoxy groups -OCH3 is 1. The van der Waals surface area contributed by atoms with E-state index in [-0.39, 0.29) is 0 Å². The first-order chi connectivity index (χ1) is 8.95. The molecular formula is C11H6F3NO4. The van der Waals surface area contributed by atoms with E-state index in [1.165, 1.54) is 0 Å². The number of benzene rings is 1. The van der Waals surface area contributed by atoms with Gasteiger partial charge in [-0.05, 0) is 0 Å². The van der Waals surface area contributed by atoms with E-state index in [4.69, 9.17) is 5.11 Å². The second-order valence-corrected chi connectivity index (χ2v) is 3.44. The summed E-state index contributed by atoms with van der Waals surface area (Å²) in [6.45, 7) is 0. The molecule has 0 saturated carbocycles. The number of aromatic carboxylic acids is 1. The molecule has 0 amide bonds. The van der Waals surface area contributed by atoms with Gasteiger partial charge in [-0.1, -0.05) is 5.16 Å². The molecule has 0 saturated heterocycles. The Kier molecular flexibility index (Phi) is 3.16. The molecule has 0 radical (unpaired) electrons. The number of ether oxygens (including phenoxy) is 1. The molecule has 0 aliphatic heterocycles. The summed E-state index contributed by atoms with van der Waals surface area (Å²) in [4.78, 5) is 10.6. The van der Waals surface area contributed by atoms with Gasteiger partial charge in [0.2, 0.25) is 0 Å². The molecule has 0 fully saturated rings. The largest absolute Gasteiger partial charge is 0.493 e. The van der Waals surface area contributed by atoms with Gasteiger partial charge < -0.3 is 14.4 Å². The molecule has 1 heterocycles. The molecule has 1 N–H and O–H groups in total. The van der Waals surface area contributed by atoms with Crippen molar-refractivity contribution in [1.29, 1.82) is 0 Å². The lowest BCUT2D eigenvalue weighted by atomic mass is 10.1. The zero-order valence-electron chi connectivity index (χ0n) is 9.41. The number of carbonyl (C=O) groups is 1. The Morgan fingerprint density at radius 3 is 2.53 bits per heavy atom. The van der Waals surface area contributed by atoms with Crippen LogP contribution in [0.3, 0.4) is 0 Å². The molecule has 0 unspecified atom stereocenters. The van der Waals surface area contributed by atoms with Crippen molar-refractivity contribution in [3.63, 3.8) is 0 Å². The fraction of sp³-hybridized carbons (Fsp3) is 0.0909. The van der Waals surface area contributed by atoms with E-state index in [1.807, 2.05) is 0 Å². The van der Waals surface area contributed by atoms with E-state index in [1.54, 1.807) is 0 Å². The third-order valence-corrected chi connectivity index (χ3v) is 2.31. The van der Waals surface area contributed by atoms with Crippen LogP contribution in [0.5, 0.6) is 5.75 Å². The number of rotatable bonds is 3. The molecule has 0 aliphatic carbocycles. The van der Waals surface area contributed by atoms with Gasteiger partial charge in [-0.15, -0.1) is 0 Å². The minimum absolute atomic E-state index is 0.312. The predicted molar refractivity (Wildman–Crippen MR) is 55.3 cm³/mol. The number of halogens is 3. The Hall–Kier alpha value is -2.51. The van der Waals surface area contributed by atoms with Gasteiger partial charge in [0.05, 0.1) is 7.11 Å². The highest BCUT2D eigenvalue weighted by atomic mass is 19.2. The summed E-state index contributed by atoms with van der Waals surface area (Å²) in [5.74, 6) is -6.51. The van der Waals surface area contributed by atoms with Gasteiger partial charge in [0.15, 0.2) is 34.7 Å². The van der Waals surface area contributed by atoms with E-state index in [0.717, 1.165) is 13.2 Å². The number of nitrogens with zero attached hydrogens (tertiary/aromatic N) is 1. The Morgan fingerprint density at radius 2 is 2.00 bits per heavy atom. The van der Waals surface area contributed by atoms with Gasteiger partial charge in [-0.25, -0.2) is 18.0 Å². The standard InChI is InChI=1S/C11H6F3NO4/c1-18-10-5(13)2-4(12)9(14)8(10)7-3-6(11(16)17)15-19-7/h2-3H,1H3,(H,16,17). The summed E-state index contributed by atoms with van der Waals surface area (Å²) in [5.41, 5.74) is -1.19. The summed E-state index contributed by atoms with van der Waals surface area (Å²) in [6.07, 6.45) is 0. The minimum atomic E-state index is -1.46. The molecule has 0 aliphatic rings. The van der Waals surface area contributed by atoms with Crippen molar-refractivity contribution >= 4 is 5.97 Å². The molecule has 0 bridgehead atoms. The maximum atomic E-state index is 13.7. The average molecular weight is 273 g/mol. The molecular weight excluding hydrogens is 267 g/mol. The van der Waals surface area contributed by atoms with Crippen LogP contribution >= 0.6 is 0 Å². The minimum Gasteiger partial charge on any atom is -0.493 e. The van der Waals surface area contributed by atoms with Crippen LogP contribution in [0.4, 0.5) is 13.2 Å². The average Bonchev–Trinajstić information content (AvgIpc) is 2.82. The maximum absolute atomic E-state index is 13.7. The van der Waals surface area contributed by atoms with Crippen molar-refractivity contribution in [3.8, 4) is 17.1 Å². The lowest BCUT2D eigenvalue weighted by molar-refractivity contribution is 0.0686. The molecule has 1 aromatic carbocycles. The normalized spacial score (nSPS) is 10.5. The summed E-state index contributed by atoms with van der Waals surface area (Å²) < 4.78 is 49.4. The molecule has 8 heteroatoms. The zero-order valence-corrected chi connectivity index (χ0v) is 9.41. The molecule has 19 heavy (non-hydrogen) atoms. The first kappa shape index (κ1) is 12.9. The van der Waals surface area contributed by atoms with Crippen LogP contribution in [-0.4, -0.2) is 23.3 Å². The first-order valence-electron chi connectivity index (χ1n) is 4.87. The third-order valence-electron chi connectivity index (χ3n) is 2.31. The highest BCUT2D eigenvalue weighted by molar-refractivity contribution is 5.86. The van der Waals surface area contributed by atoms with Gasteiger partial charge in [0.25, 0.3) is 0 Å². The van der Waals surface area contributed by atoms with Gasteiger partial charge in [0, 0.05) is 12.1 Å². The monoisotopic (exact) mass is 273 g/mol. The van der Waals surface area contributed by atoms with E-state index in [2.05, 4.69) is 14.4 Å². The molecule has 2 aromatic rings. The lowest BCUT2D eigenvalue weighted by Crippen LogP contribution is -1.98. The highest BCUT2D eigenvalue weighted by Crippen LogP contribution is 2.36. The first-order valence-corrected chi connectivity index (χ1v) is 4.87. The molecule has 2 rings (SSSR count). The maximum Gasteiger partial charge on any atom is 0.358 e. The molecule has 1 aromatic heterocycles. The number of hydrogen-bond donors (Lipinski definition) is 1. The van der Waals surface area contributed by atoms with Crippen molar-refractivity contribution in [3.05, 3.63) is 35.3 Å². The van der Waals surface area contributed by atoms with E-state index < -0.39 is 46.2 Å². The van der Waals surface area contributed by atoms with Crippen LogP contribution in [0.15, 0.2) is 16.7 Å². The van der Waals surface area contributed by atoms with Crippen LogP contribution in [0.2, 0.25) is 0 Å². The van der Waals surface area contributed by atoms with Crippen LogP contribution in [0.25, 0.3) is 11.3 Å². The molecule has 100 valence electrons. The molecule has 0 atom stereocenters. The predicted octanol–water partition coefficient (Wildman–Crippen LogP) is 2.47. The number of carboxylic acid groups (broad SMARTS) is 1. The van der Waals surface area contributed by atoms with Gasteiger partial charge >= 0.3 is 5.97 Å². The SMILES string of the molecule is COc1c(F)cc(F)c(F)c1-c1cc(C(=O)O)no1. The third kappa shape index (κ3) is 2.12. The van der Waals surface area contributed by atoms with E-state index in [0.29, 0.717) is 6.07 Å². The van der Waals surface area contributed by atoms with Crippen LogP contribution in [-0.2, 0) is 0 Å². The summed E-state index contributed by atoms with van der Waals surface area (Å²) in [7, 11) is 1.05. The smallest absolute Gasteiger partial charge is 0.358 e. The number of carboxylic acids is 1. The Bertz CT molecular complexity index is 654. The van der Waals surface area contributed by atoms with E-state index >= 15 is 0 Å². The van der Waals surface area contributed by atoms with Gasteiger partial charge in [-0.2, -0.15) is 0 Å². The quantitative estimate of drug-likeness (QED) is 0.869. The fourth-order valence-electron chi connectivity index (χ4n) is 1.49. The van der Waals surface area contributed by atoms with Crippen molar-refractivity contribution in [2.75, 3.05) is 7.11 Å². The number of aromatic nitrogens is 1. The second-order valence-electron chi connectivity index (χ2n) is 3.44.